The maximum absolute atomic E-state index is 13.1. The van der Waals surface area contributed by atoms with Gasteiger partial charge in [-0.25, -0.2) is 0 Å². The molecule has 2 N–H and O–H groups in total. The molecule has 0 bridgehead atoms. The Morgan fingerprint density at radius 2 is 1.69 bits per heavy atom. The average Bonchev–Trinajstić information content (AvgIpc) is 2.77. The van der Waals surface area contributed by atoms with E-state index in [1.807, 2.05) is 44.4 Å². The highest BCUT2D eigenvalue weighted by Crippen LogP contribution is 2.31. The predicted molar refractivity (Wildman–Crippen MR) is 130 cm³/mol. The minimum atomic E-state index is -0.0841. The van der Waals surface area contributed by atoms with E-state index in [1.54, 1.807) is 0 Å². The second-order valence-corrected chi connectivity index (χ2v) is 9.14. The quantitative estimate of drug-likeness (QED) is 0.677. The Hall–Kier alpha value is -3.02. The highest BCUT2D eigenvalue weighted by molar-refractivity contribution is 6.01. The molecule has 170 valence electrons. The molecule has 0 spiro atoms. The molecule has 2 aliphatic rings. The number of nitrogens with one attached hydrogen (secondary N) is 2. The molecule has 0 aromatic heterocycles. The smallest absolute Gasteiger partial charge is 0.253 e. The van der Waals surface area contributed by atoms with Crippen LogP contribution >= 0.6 is 0 Å². The first kappa shape index (κ1) is 22.2. The van der Waals surface area contributed by atoms with Crippen molar-refractivity contribution in [2.75, 3.05) is 42.3 Å². The Balaban J connectivity index is 1.48. The van der Waals surface area contributed by atoms with Crippen molar-refractivity contribution in [3.63, 3.8) is 0 Å². The van der Waals surface area contributed by atoms with E-state index in [0.717, 1.165) is 67.8 Å². The number of carbonyl (C=O) groups excluding carboxylic acids is 2. The van der Waals surface area contributed by atoms with Gasteiger partial charge < -0.3 is 20.4 Å². The molecule has 1 saturated carbocycles. The van der Waals surface area contributed by atoms with E-state index in [0.29, 0.717) is 12.1 Å². The molecule has 1 aliphatic heterocycles. The normalized spacial score (nSPS) is 16.2. The van der Waals surface area contributed by atoms with E-state index in [9.17, 15) is 9.59 Å². The lowest BCUT2D eigenvalue weighted by Crippen LogP contribution is -2.33. The van der Waals surface area contributed by atoms with Gasteiger partial charge in [0, 0.05) is 51.0 Å². The summed E-state index contributed by atoms with van der Waals surface area (Å²) in [4.78, 5) is 29.9. The molecule has 1 saturated heterocycles. The zero-order valence-electron chi connectivity index (χ0n) is 19.2. The molecule has 2 aromatic rings. The van der Waals surface area contributed by atoms with Crippen LogP contribution in [0.3, 0.4) is 0 Å². The Morgan fingerprint density at radius 3 is 2.31 bits per heavy atom. The Morgan fingerprint density at radius 1 is 0.969 bits per heavy atom. The fraction of sp³-hybridized carbons (Fsp3) is 0.462. The molecular weight excluding hydrogens is 400 g/mol. The van der Waals surface area contributed by atoms with Crippen LogP contribution in [0.2, 0.25) is 0 Å². The summed E-state index contributed by atoms with van der Waals surface area (Å²) in [5, 5.41) is 6.13. The molecule has 0 unspecified atom stereocenters. The Kier molecular flexibility index (Phi) is 6.98. The maximum Gasteiger partial charge on any atom is 0.253 e. The van der Waals surface area contributed by atoms with E-state index < -0.39 is 0 Å². The third kappa shape index (κ3) is 5.23. The van der Waals surface area contributed by atoms with Crippen molar-refractivity contribution >= 4 is 28.9 Å². The predicted octanol–water partition coefficient (Wildman–Crippen LogP) is 4.41. The number of benzene rings is 2. The molecule has 2 amide bonds. The van der Waals surface area contributed by atoms with Crippen molar-refractivity contribution in [2.45, 2.75) is 45.1 Å². The Bertz CT molecular complexity index is 945. The lowest BCUT2D eigenvalue weighted by molar-refractivity contribution is -0.122. The first-order chi connectivity index (χ1) is 15.5. The monoisotopic (exact) mass is 434 g/mol. The molecule has 0 radical (unpaired) electrons. The maximum atomic E-state index is 13.1. The van der Waals surface area contributed by atoms with E-state index >= 15 is 0 Å². The summed E-state index contributed by atoms with van der Waals surface area (Å²) in [5.41, 5.74) is 4.55. The molecular formula is C26H34N4O2. The molecule has 6 heteroatoms. The molecule has 6 nitrogen and oxygen atoms in total. The minimum absolute atomic E-state index is 0.0841. The summed E-state index contributed by atoms with van der Waals surface area (Å²) >= 11 is 0. The highest BCUT2D eigenvalue weighted by atomic mass is 16.2. The van der Waals surface area contributed by atoms with Gasteiger partial charge in [0.05, 0.1) is 11.3 Å². The van der Waals surface area contributed by atoms with E-state index in [2.05, 4.69) is 32.6 Å². The van der Waals surface area contributed by atoms with Gasteiger partial charge in [-0.3, -0.25) is 9.59 Å². The molecule has 1 heterocycles. The zero-order valence-corrected chi connectivity index (χ0v) is 19.2. The van der Waals surface area contributed by atoms with E-state index in [-0.39, 0.29) is 17.7 Å². The molecule has 0 atom stereocenters. The van der Waals surface area contributed by atoms with Crippen LogP contribution < -0.4 is 20.4 Å². The van der Waals surface area contributed by atoms with E-state index in [4.69, 9.17) is 0 Å². The number of anilines is 3. The van der Waals surface area contributed by atoms with Crippen LogP contribution in [-0.4, -0.2) is 39.0 Å². The lowest BCUT2D eigenvalue weighted by Gasteiger charge is -2.31. The first-order valence-electron chi connectivity index (χ1n) is 11.8. The van der Waals surface area contributed by atoms with Crippen LogP contribution in [0.25, 0.3) is 0 Å². The van der Waals surface area contributed by atoms with Gasteiger partial charge in [0.2, 0.25) is 5.91 Å². The summed E-state index contributed by atoms with van der Waals surface area (Å²) in [5.74, 6) is 0.147. The SMILES string of the molecule is CN(C)c1ccc(CNC(=O)c2ccc(NC(=O)C3CCC3)cc2N2CCCCC2)cc1. The highest BCUT2D eigenvalue weighted by Gasteiger charge is 2.26. The van der Waals surface area contributed by atoms with Crippen molar-refractivity contribution in [1.82, 2.24) is 5.32 Å². The van der Waals surface area contributed by atoms with Crippen LogP contribution in [0, 0.1) is 5.92 Å². The third-order valence-corrected chi connectivity index (χ3v) is 6.59. The third-order valence-electron chi connectivity index (χ3n) is 6.59. The largest absolute Gasteiger partial charge is 0.378 e. The van der Waals surface area contributed by atoms with Crippen molar-refractivity contribution in [1.29, 1.82) is 0 Å². The Labute approximate surface area is 191 Å². The number of piperidine rings is 1. The standard InChI is InChI=1S/C26H34N4O2/c1-29(2)22-12-9-19(10-13-22)18-27-26(32)23-14-11-21(28-25(31)20-7-6-8-20)17-24(23)30-15-4-3-5-16-30/h9-14,17,20H,3-8,15-16,18H2,1-2H3,(H,27,32)(H,28,31). The van der Waals surface area contributed by atoms with Gasteiger partial charge in [-0.1, -0.05) is 18.6 Å². The van der Waals surface area contributed by atoms with Crippen molar-refractivity contribution in [3.8, 4) is 0 Å². The molecule has 1 aliphatic carbocycles. The second kappa shape index (κ2) is 10.1. The van der Waals surface area contributed by atoms with Crippen molar-refractivity contribution < 1.29 is 9.59 Å². The molecule has 4 rings (SSSR count). The fourth-order valence-corrected chi connectivity index (χ4v) is 4.30. The first-order valence-corrected chi connectivity index (χ1v) is 11.8. The molecule has 2 aromatic carbocycles. The van der Waals surface area contributed by atoms with Gasteiger partial charge in [-0.05, 0) is 68.0 Å². The summed E-state index contributed by atoms with van der Waals surface area (Å²) in [6.45, 7) is 2.35. The minimum Gasteiger partial charge on any atom is -0.378 e. The topological polar surface area (TPSA) is 64.7 Å². The lowest BCUT2D eigenvalue weighted by atomic mass is 9.85. The summed E-state index contributed by atoms with van der Waals surface area (Å²) in [6, 6.07) is 13.9. The van der Waals surface area contributed by atoms with Crippen LogP contribution in [0.15, 0.2) is 42.5 Å². The second-order valence-electron chi connectivity index (χ2n) is 9.14. The molecule has 2 fully saturated rings. The van der Waals surface area contributed by atoms with Gasteiger partial charge in [-0.15, -0.1) is 0 Å². The summed E-state index contributed by atoms with van der Waals surface area (Å²) in [6.07, 6.45) is 6.55. The van der Waals surface area contributed by atoms with Crippen LogP contribution in [-0.2, 0) is 11.3 Å². The van der Waals surface area contributed by atoms with Gasteiger partial charge in [0.15, 0.2) is 0 Å². The van der Waals surface area contributed by atoms with Crippen LogP contribution in [0.5, 0.6) is 0 Å². The summed E-state index contributed by atoms with van der Waals surface area (Å²) in [7, 11) is 4.02. The number of amides is 2. The molecule has 32 heavy (non-hydrogen) atoms. The number of carbonyl (C=O) groups is 2. The van der Waals surface area contributed by atoms with Crippen molar-refractivity contribution in [3.05, 3.63) is 53.6 Å². The number of nitrogens with zero attached hydrogens (tertiary/aromatic N) is 2. The van der Waals surface area contributed by atoms with Gasteiger partial charge in [0.1, 0.15) is 0 Å². The van der Waals surface area contributed by atoms with E-state index in [1.165, 1.54) is 6.42 Å². The van der Waals surface area contributed by atoms with Crippen molar-refractivity contribution in [2.24, 2.45) is 5.92 Å². The number of rotatable bonds is 7. The zero-order chi connectivity index (χ0) is 22.5. The van der Waals surface area contributed by atoms with Gasteiger partial charge in [-0.2, -0.15) is 0 Å². The average molecular weight is 435 g/mol. The fourth-order valence-electron chi connectivity index (χ4n) is 4.30. The van der Waals surface area contributed by atoms with Crippen LogP contribution in [0.4, 0.5) is 17.1 Å². The van der Waals surface area contributed by atoms with Gasteiger partial charge in [0.25, 0.3) is 5.91 Å². The number of hydrogen-bond donors (Lipinski definition) is 2. The van der Waals surface area contributed by atoms with Crippen LogP contribution in [0.1, 0.15) is 54.4 Å². The summed E-state index contributed by atoms with van der Waals surface area (Å²) < 4.78 is 0. The number of hydrogen-bond acceptors (Lipinski definition) is 4. The van der Waals surface area contributed by atoms with Gasteiger partial charge >= 0.3 is 0 Å².